The smallest absolute Gasteiger partial charge is 0.330 e. The summed E-state index contributed by atoms with van der Waals surface area (Å²) < 4.78 is 5.13. The van der Waals surface area contributed by atoms with Crippen molar-refractivity contribution in [3.05, 3.63) is 71.3 Å². The van der Waals surface area contributed by atoms with Crippen molar-refractivity contribution in [3.63, 3.8) is 0 Å². The minimum atomic E-state index is -0.410. The number of carbonyl (C=O) groups excluding carboxylic acids is 2. The van der Waals surface area contributed by atoms with Crippen molar-refractivity contribution in [2.24, 2.45) is 0 Å². The van der Waals surface area contributed by atoms with E-state index in [1.807, 2.05) is 30.3 Å². The van der Waals surface area contributed by atoms with Crippen LogP contribution in [0.4, 0.5) is 5.69 Å². The Morgan fingerprint density at radius 3 is 2.55 bits per heavy atom. The van der Waals surface area contributed by atoms with Crippen molar-refractivity contribution in [1.82, 2.24) is 0 Å². The van der Waals surface area contributed by atoms with Crippen LogP contribution in [-0.2, 0) is 16.0 Å². The fraction of sp³-hybridized carbons (Fsp3) is 0.111. The van der Waals surface area contributed by atoms with E-state index in [0.29, 0.717) is 24.3 Å². The summed E-state index contributed by atoms with van der Waals surface area (Å²) in [6, 6.07) is 14.4. The first-order valence-electron chi connectivity index (χ1n) is 6.92. The highest BCUT2D eigenvalue weighted by Crippen LogP contribution is 2.07. The lowest BCUT2D eigenvalue weighted by atomic mass is 10.1. The minimum Gasteiger partial charge on any atom is -0.462 e. The molecular formula is C18H17NO3. The predicted molar refractivity (Wildman–Crippen MR) is 86.4 cm³/mol. The maximum Gasteiger partial charge on any atom is 0.330 e. The Morgan fingerprint density at radius 1 is 1.09 bits per heavy atom. The van der Waals surface area contributed by atoms with Crippen LogP contribution in [0.1, 0.15) is 21.5 Å². The van der Waals surface area contributed by atoms with Crippen molar-refractivity contribution in [2.45, 2.75) is 6.42 Å². The number of aldehydes is 1. The first kappa shape index (κ1) is 15.5. The van der Waals surface area contributed by atoms with Gasteiger partial charge in [0.1, 0.15) is 6.29 Å². The molecule has 0 saturated carbocycles. The second kappa shape index (κ2) is 7.78. The normalized spacial score (nSPS) is 10.5. The van der Waals surface area contributed by atoms with E-state index in [1.165, 1.54) is 6.08 Å². The maximum absolute atomic E-state index is 11.6. The van der Waals surface area contributed by atoms with Crippen LogP contribution in [0.5, 0.6) is 0 Å². The van der Waals surface area contributed by atoms with Gasteiger partial charge >= 0.3 is 5.97 Å². The molecule has 2 N–H and O–H groups in total. The number of ether oxygens (including phenoxy) is 1. The Bertz CT molecular complexity index is 675. The molecule has 0 aromatic heterocycles. The van der Waals surface area contributed by atoms with Gasteiger partial charge < -0.3 is 10.5 Å². The number of hydrogen-bond donors (Lipinski definition) is 1. The molecule has 0 spiro atoms. The number of esters is 1. The number of rotatable bonds is 6. The van der Waals surface area contributed by atoms with Crippen molar-refractivity contribution < 1.29 is 14.3 Å². The molecule has 0 fully saturated rings. The molecule has 0 atom stereocenters. The van der Waals surface area contributed by atoms with Gasteiger partial charge in [0, 0.05) is 23.7 Å². The Balaban J connectivity index is 1.81. The lowest BCUT2D eigenvalue weighted by Crippen LogP contribution is -2.04. The molecule has 22 heavy (non-hydrogen) atoms. The van der Waals surface area contributed by atoms with Crippen LogP contribution in [0.25, 0.3) is 6.08 Å². The van der Waals surface area contributed by atoms with Gasteiger partial charge in [-0.15, -0.1) is 0 Å². The molecule has 0 aliphatic carbocycles. The molecule has 2 aromatic carbocycles. The van der Waals surface area contributed by atoms with Gasteiger partial charge in [0.05, 0.1) is 6.61 Å². The van der Waals surface area contributed by atoms with Crippen LogP contribution in [0.3, 0.4) is 0 Å². The lowest BCUT2D eigenvalue weighted by molar-refractivity contribution is -0.137. The van der Waals surface area contributed by atoms with E-state index in [-0.39, 0.29) is 0 Å². The highest BCUT2D eigenvalue weighted by Gasteiger charge is 1.99. The minimum absolute atomic E-state index is 0.307. The Hall–Kier alpha value is -2.88. The van der Waals surface area contributed by atoms with Crippen LogP contribution >= 0.6 is 0 Å². The van der Waals surface area contributed by atoms with Gasteiger partial charge in [-0.1, -0.05) is 30.3 Å². The molecule has 0 amide bonds. The van der Waals surface area contributed by atoms with E-state index in [4.69, 9.17) is 10.5 Å². The summed E-state index contributed by atoms with van der Waals surface area (Å²) >= 11 is 0. The Labute approximate surface area is 129 Å². The van der Waals surface area contributed by atoms with Crippen molar-refractivity contribution in [3.8, 4) is 0 Å². The molecule has 0 aliphatic heterocycles. The zero-order valence-electron chi connectivity index (χ0n) is 12.1. The van der Waals surface area contributed by atoms with Crippen LogP contribution < -0.4 is 5.73 Å². The summed E-state index contributed by atoms with van der Waals surface area (Å²) in [5.74, 6) is -0.410. The zero-order chi connectivity index (χ0) is 15.8. The monoisotopic (exact) mass is 295 g/mol. The Morgan fingerprint density at radius 2 is 1.82 bits per heavy atom. The van der Waals surface area contributed by atoms with E-state index >= 15 is 0 Å². The lowest BCUT2D eigenvalue weighted by Gasteiger charge is -2.03. The molecule has 2 aromatic rings. The molecule has 0 saturated heterocycles. The third kappa shape index (κ3) is 4.90. The third-order valence-corrected chi connectivity index (χ3v) is 3.07. The predicted octanol–water partition coefficient (Wildman–Crippen LogP) is 2.88. The zero-order valence-corrected chi connectivity index (χ0v) is 12.1. The highest BCUT2D eigenvalue weighted by molar-refractivity contribution is 5.87. The average Bonchev–Trinajstić information content (AvgIpc) is 2.55. The summed E-state index contributed by atoms with van der Waals surface area (Å²) in [4.78, 5) is 22.3. The van der Waals surface area contributed by atoms with Gasteiger partial charge in [-0.05, 0) is 35.4 Å². The molecule has 4 nitrogen and oxygen atoms in total. The number of anilines is 1. The third-order valence-electron chi connectivity index (χ3n) is 3.07. The van der Waals surface area contributed by atoms with Crippen LogP contribution in [-0.4, -0.2) is 18.9 Å². The first-order valence-corrected chi connectivity index (χ1v) is 6.92. The fourth-order valence-corrected chi connectivity index (χ4v) is 1.90. The van der Waals surface area contributed by atoms with E-state index in [0.717, 1.165) is 17.4 Å². The fourth-order valence-electron chi connectivity index (χ4n) is 1.90. The molecule has 0 unspecified atom stereocenters. The maximum atomic E-state index is 11.6. The number of nitrogens with two attached hydrogens (primary N) is 1. The summed E-state index contributed by atoms with van der Waals surface area (Å²) in [7, 11) is 0. The summed E-state index contributed by atoms with van der Waals surface area (Å²) in [5.41, 5.74) is 8.72. The molecule has 2 rings (SSSR count). The quantitative estimate of drug-likeness (QED) is 0.385. The number of hydrogen-bond acceptors (Lipinski definition) is 4. The van der Waals surface area contributed by atoms with Crippen LogP contribution in [0.15, 0.2) is 54.6 Å². The van der Waals surface area contributed by atoms with Gasteiger partial charge in [0.2, 0.25) is 0 Å². The number of benzene rings is 2. The van der Waals surface area contributed by atoms with Crippen molar-refractivity contribution >= 4 is 24.0 Å². The highest BCUT2D eigenvalue weighted by atomic mass is 16.5. The SMILES string of the molecule is Nc1ccc(CCOC(=O)/C=C/c2cccc(C=O)c2)cc1. The first-order chi connectivity index (χ1) is 10.7. The van der Waals surface area contributed by atoms with E-state index in [9.17, 15) is 9.59 Å². The summed E-state index contributed by atoms with van der Waals surface area (Å²) in [6.07, 6.45) is 4.38. The topological polar surface area (TPSA) is 69.4 Å². The molecular weight excluding hydrogens is 278 g/mol. The van der Waals surface area contributed by atoms with Crippen molar-refractivity contribution in [2.75, 3.05) is 12.3 Å². The second-order valence-corrected chi connectivity index (χ2v) is 4.78. The van der Waals surface area contributed by atoms with E-state index in [1.54, 1.807) is 24.3 Å². The Kier molecular flexibility index (Phi) is 5.49. The molecule has 0 radical (unpaired) electrons. The van der Waals surface area contributed by atoms with Crippen LogP contribution in [0.2, 0.25) is 0 Å². The number of nitrogen functional groups attached to an aromatic ring is 1. The van der Waals surface area contributed by atoms with E-state index in [2.05, 4.69) is 0 Å². The molecule has 4 heteroatoms. The molecule has 0 bridgehead atoms. The van der Waals surface area contributed by atoms with Gasteiger partial charge in [0.15, 0.2) is 0 Å². The van der Waals surface area contributed by atoms with Crippen LogP contribution in [0, 0.1) is 0 Å². The van der Waals surface area contributed by atoms with Gasteiger partial charge in [-0.3, -0.25) is 4.79 Å². The molecule has 0 heterocycles. The molecule has 0 aliphatic rings. The largest absolute Gasteiger partial charge is 0.462 e. The average molecular weight is 295 g/mol. The van der Waals surface area contributed by atoms with Crippen molar-refractivity contribution in [1.29, 1.82) is 0 Å². The summed E-state index contributed by atoms with van der Waals surface area (Å²) in [5, 5.41) is 0. The van der Waals surface area contributed by atoms with Gasteiger partial charge in [0.25, 0.3) is 0 Å². The standard InChI is InChI=1S/C18H17NO3/c19-17-7-4-14(5-8-17)10-11-22-18(21)9-6-15-2-1-3-16(12-15)13-20/h1-9,12-13H,10-11,19H2/b9-6+. The second-order valence-electron chi connectivity index (χ2n) is 4.78. The van der Waals surface area contributed by atoms with Gasteiger partial charge in [-0.25, -0.2) is 4.79 Å². The van der Waals surface area contributed by atoms with E-state index < -0.39 is 5.97 Å². The van der Waals surface area contributed by atoms with Gasteiger partial charge in [-0.2, -0.15) is 0 Å². The number of carbonyl (C=O) groups is 2. The molecule has 112 valence electrons. The summed E-state index contributed by atoms with van der Waals surface area (Å²) in [6.45, 7) is 0.307.